The number of alkyl halides is 1. The Balaban J connectivity index is 0.000000686. The second-order valence-electron chi connectivity index (χ2n) is 8.03. The summed E-state index contributed by atoms with van der Waals surface area (Å²) >= 11 is 0. The quantitative estimate of drug-likeness (QED) is 0.663. The van der Waals surface area contributed by atoms with Crippen LogP contribution in [0, 0.1) is 5.92 Å². The fourth-order valence-electron chi connectivity index (χ4n) is 5.16. The average molecular weight is 464 g/mol. The summed E-state index contributed by atoms with van der Waals surface area (Å²) in [4.78, 5) is 0. The molecule has 5 nitrogen and oxygen atoms in total. The second-order valence-corrected chi connectivity index (χ2v) is 9.78. The third-order valence-corrected chi connectivity index (χ3v) is 7.66. The van der Waals surface area contributed by atoms with E-state index in [9.17, 15) is 17.9 Å². The summed E-state index contributed by atoms with van der Waals surface area (Å²) < 4.78 is 48.9. The van der Waals surface area contributed by atoms with Gasteiger partial charge in [-0.15, -0.1) is 0 Å². The van der Waals surface area contributed by atoms with Crippen LogP contribution < -0.4 is 9.46 Å². The maximum atomic E-state index is 14.6. The standard InChI is InChI=1S/C21H22FNO4S.2C2H6/c22-15-8-7-14-16(23-28(25,26)11-12-4-2-1-3-5-12)10-13-6-9-17(24)21-18(13)19(14)20(15)27-21;2*1-2/h1-6,9,14-16,19-20,23-24H,7-8,10-11H2;2*1-2H3/t14?,15?,16-,19?,20+;;/m0../s1. The Bertz CT molecular complexity index is 1010. The van der Waals surface area contributed by atoms with Crippen LogP contribution in [0.3, 0.4) is 0 Å². The summed E-state index contributed by atoms with van der Waals surface area (Å²) in [5.41, 5.74) is 2.53. The molecule has 0 saturated heterocycles. The molecule has 0 bridgehead atoms. The summed E-state index contributed by atoms with van der Waals surface area (Å²) in [6.45, 7) is 8.00. The van der Waals surface area contributed by atoms with Crippen LogP contribution in [0.1, 0.15) is 63.1 Å². The first-order chi connectivity index (χ1) is 15.4. The van der Waals surface area contributed by atoms with Crippen molar-refractivity contribution in [2.75, 3.05) is 0 Å². The van der Waals surface area contributed by atoms with Crippen LogP contribution in [0.5, 0.6) is 11.5 Å². The molecule has 1 heterocycles. The Morgan fingerprint density at radius 3 is 2.44 bits per heavy atom. The van der Waals surface area contributed by atoms with Crippen molar-refractivity contribution in [3.63, 3.8) is 0 Å². The minimum atomic E-state index is -3.54. The van der Waals surface area contributed by atoms with Crippen molar-refractivity contribution in [3.05, 3.63) is 59.2 Å². The van der Waals surface area contributed by atoms with E-state index in [2.05, 4.69) is 4.72 Å². The van der Waals surface area contributed by atoms with Crippen LogP contribution in [-0.4, -0.2) is 31.8 Å². The van der Waals surface area contributed by atoms with Gasteiger partial charge in [-0.2, -0.15) is 0 Å². The molecule has 2 aliphatic carbocycles. The fourth-order valence-corrected chi connectivity index (χ4v) is 6.59. The zero-order valence-electron chi connectivity index (χ0n) is 19.2. The van der Waals surface area contributed by atoms with Crippen molar-refractivity contribution in [2.45, 2.75) is 76.9 Å². The zero-order valence-corrected chi connectivity index (χ0v) is 20.0. The number of sulfonamides is 1. The molecule has 7 heteroatoms. The van der Waals surface area contributed by atoms with Crippen LogP contribution >= 0.6 is 0 Å². The fraction of sp³-hybridized carbons (Fsp3) is 0.520. The van der Waals surface area contributed by atoms with E-state index in [0.717, 1.165) is 16.7 Å². The molecular weight excluding hydrogens is 429 g/mol. The highest BCUT2D eigenvalue weighted by Gasteiger charge is 2.54. The van der Waals surface area contributed by atoms with Gasteiger partial charge in [0, 0.05) is 17.5 Å². The van der Waals surface area contributed by atoms with Crippen molar-refractivity contribution in [1.82, 2.24) is 4.72 Å². The number of hydrogen-bond donors (Lipinski definition) is 2. The molecule has 1 aliphatic heterocycles. The number of hydrogen-bond acceptors (Lipinski definition) is 4. The normalized spacial score (nSPS) is 27.1. The number of rotatable bonds is 4. The lowest BCUT2D eigenvalue weighted by molar-refractivity contribution is 0.0305. The molecule has 5 atom stereocenters. The maximum absolute atomic E-state index is 14.6. The van der Waals surface area contributed by atoms with Crippen molar-refractivity contribution in [1.29, 1.82) is 0 Å². The molecule has 3 aliphatic rings. The number of halogens is 1. The summed E-state index contributed by atoms with van der Waals surface area (Å²) in [5, 5.41) is 10.2. The first kappa shape index (κ1) is 24.5. The van der Waals surface area contributed by atoms with Crippen molar-refractivity contribution in [2.24, 2.45) is 5.92 Å². The van der Waals surface area contributed by atoms with E-state index in [0.29, 0.717) is 25.0 Å². The predicted octanol–water partition coefficient (Wildman–Crippen LogP) is 5.08. The number of benzene rings is 2. The molecule has 2 N–H and O–H groups in total. The first-order valence-electron chi connectivity index (χ1n) is 11.6. The maximum Gasteiger partial charge on any atom is 0.216 e. The molecular formula is C25H34FNO4S. The lowest BCUT2D eigenvalue weighted by atomic mass is 9.65. The largest absolute Gasteiger partial charge is 0.504 e. The number of phenolic OH excluding ortho intramolecular Hbond substituents is 1. The molecule has 2 aromatic carbocycles. The molecule has 3 unspecified atom stereocenters. The van der Waals surface area contributed by atoms with Gasteiger partial charge in [0.25, 0.3) is 0 Å². The Morgan fingerprint density at radius 1 is 1.06 bits per heavy atom. The summed E-state index contributed by atoms with van der Waals surface area (Å²) in [6, 6.07) is 12.1. The monoisotopic (exact) mass is 463 g/mol. The van der Waals surface area contributed by atoms with Gasteiger partial charge in [-0.3, -0.25) is 0 Å². The molecule has 2 aromatic rings. The number of ether oxygens (including phenoxy) is 1. The van der Waals surface area contributed by atoms with Gasteiger partial charge in [-0.1, -0.05) is 64.1 Å². The van der Waals surface area contributed by atoms with E-state index in [1.807, 2.05) is 45.9 Å². The molecule has 0 spiro atoms. The molecule has 32 heavy (non-hydrogen) atoms. The van der Waals surface area contributed by atoms with Crippen LogP contribution in [-0.2, 0) is 22.2 Å². The minimum Gasteiger partial charge on any atom is -0.504 e. The molecule has 0 amide bonds. The van der Waals surface area contributed by atoms with Gasteiger partial charge < -0.3 is 9.84 Å². The van der Waals surface area contributed by atoms with Gasteiger partial charge in [0.2, 0.25) is 10.0 Å². The van der Waals surface area contributed by atoms with Crippen molar-refractivity contribution >= 4 is 10.0 Å². The van der Waals surface area contributed by atoms with Gasteiger partial charge >= 0.3 is 0 Å². The molecule has 5 rings (SSSR count). The van der Waals surface area contributed by atoms with E-state index in [1.54, 1.807) is 24.3 Å². The molecule has 0 aromatic heterocycles. The van der Waals surface area contributed by atoms with Crippen LogP contribution in [0.2, 0.25) is 0 Å². The molecule has 176 valence electrons. The van der Waals surface area contributed by atoms with E-state index in [4.69, 9.17) is 4.74 Å². The van der Waals surface area contributed by atoms with E-state index < -0.39 is 22.3 Å². The summed E-state index contributed by atoms with van der Waals surface area (Å²) in [6.07, 6.45) is -0.307. The predicted molar refractivity (Wildman–Crippen MR) is 125 cm³/mol. The average Bonchev–Trinajstić information content (AvgIpc) is 3.21. The van der Waals surface area contributed by atoms with Gasteiger partial charge in [-0.25, -0.2) is 17.5 Å². The third-order valence-electron chi connectivity index (χ3n) is 6.29. The van der Waals surface area contributed by atoms with Gasteiger partial charge in [0.1, 0.15) is 12.3 Å². The van der Waals surface area contributed by atoms with Crippen LogP contribution in [0.4, 0.5) is 4.39 Å². The second kappa shape index (κ2) is 10.2. The van der Waals surface area contributed by atoms with Gasteiger partial charge in [0.05, 0.1) is 5.75 Å². The topological polar surface area (TPSA) is 75.6 Å². The van der Waals surface area contributed by atoms with Crippen molar-refractivity contribution in [3.8, 4) is 11.5 Å². The van der Waals surface area contributed by atoms with E-state index >= 15 is 0 Å². The highest BCUT2D eigenvalue weighted by Crippen LogP contribution is 2.57. The lowest BCUT2D eigenvalue weighted by Crippen LogP contribution is -2.52. The third kappa shape index (κ3) is 4.64. The van der Waals surface area contributed by atoms with Crippen molar-refractivity contribution < 1.29 is 22.7 Å². The SMILES string of the molecule is CC.CC.O=S(=O)(Cc1ccccc1)N[C@H]1Cc2ccc(O)c3c2C2C1CCC(F)[C@H]2O3. The minimum absolute atomic E-state index is 0.0298. The molecule has 0 radical (unpaired) electrons. The zero-order chi connectivity index (χ0) is 23.5. The first-order valence-corrected chi connectivity index (χ1v) is 13.3. The Morgan fingerprint density at radius 2 is 1.75 bits per heavy atom. The van der Waals surface area contributed by atoms with E-state index in [1.165, 1.54) is 0 Å². The molecule has 1 fully saturated rings. The smallest absolute Gasteiger partial charge is 0.216 e. The highest BCUT2D eigenvalue weighted by atomic mass is 32.2. The Hall–Kier alpha value is -2.12. The molecule has 1 saturated carbocycles. The van der Waals surface area contributed by atoms with Crippen LogP contribution in [0.15, 0.2) is 42.5 Å². The summed E-state index contributed by atoms with van der Waals surface area (Å²) in [5.74, 6) is 0.0631. The van der Waals surface area contributed by atoms with Gasteiger partial charge in [-0.05, 0) is 42.4 Å². The number of aromatic hydroxyl groups is 1. The Labute approximate surface area is 191 Å². The number of phenols is 1. The van der Waals surface area contributed by atoms with Gasteiger partial charge in [0.15, 0.2) is 11.5 Å². The van der Waals surface area contributed by atoms with Crippen LogP contribution in [0.25, 0.3) is 0 Å². The number of nitrogens with one attached hydrogen (secondary N) is 1. The Kier molecular flexibility index (Phi) is 7.83. The lowest BCUT2D eigenvalue weighted by Gasteiger charge is -2.43. The summed E-state index contributed by atoms with van der Waals surface area (Å²) in [7, 11) is -3.54. The van der Waals surface area contributed by atoms with E-state index in [-0.39, 0.29) is 29.4 Å². The highest BCUT2D eigenvalue weighted by molar-refractivity contribution is 7.88.